The van der Waals surface area contributed by atoms with Crippen molar-refractivity contribution < 1.29 is 10.2 Å². The summed E-state index contributed by atoms with van der Waals surface area (Å²) in [5, 5.41) is 10.0. The Morgan fingerprint density at radius 2 is 2.50 bits per heavy atom. The zero-order valence-electron chi connectivity index (χ0n) is 7.36. The van der Waals surface area contributed by atoms with E-state index < -0.39 is 0 Å². The molecule has 1 aliphatic heterocycles. The number of hydroxylamine groups is 2. The fraction of sp³-hybridized carbons (Fsp3) is 0.556. The molecule has 1 fully saturated rings. The topological polar surface area (TPSA) is 32.7 Å². The minimum atomic E-state index is 0.201. The first-order valence-corrected chi connectivity index (χ1v) is 4.16. The number of hydrogen-bond donors (Lipinski definition) is 1. The second kappa shape index (κ2) is 4.40. The molecular weight excluding hydrogens is 154 g/mol. The van der Waals surface area contributed by atoms with Gasteiger partial charge in [0.1, 0.15) is 0 Å². The van der Waals surface area contributed by atoms with Gasteiger partial charge in [0, 0.05) is 6.54 Å². The maximum Gasteiger partial charge on any atom is 0.0566 e. The summed E-state index contributed by atoms with van der Waals surface area (Å²) in [5.41, 5.74) is 1.01. The quantitative estimate of drug-likeness (QED) is 0.398. The van der Waals surface area contributed by atoms with Crippen molar-refractivity contribution in [2.45, 2.75) is 25.8 Å². The number of nitrogens with zero attached hydrogens (tertiary/aromatic N) is 1. The average Bonchev–Trinajstić information content (AvgIpc) is 2.47. The second-order valence-electron chi connectivity index (χ2n) is 3.14. The lowest BCUT2D eigenvalue weighted by Crippen LogP contribution is -2.26. The lowest BCUT2D eigenvalue weighted by molar-refractivity contribution is -0.397. The van der Waals surface area contributed by atoms with Crippen LogP contribution in [0.5, 0.6) is 0 Å². The van der Waals surface area contributed by atoms with E-state index in [-0.39, 0.29) is 6.04 Å². The van der Waals surface area contributed by atoms with E-state index >= 15 is 0 Å². The Balaban J connectivity index is 2.45. The van der Waals surface area contributed by atoms with Gasteiger partial charge in [0.2, 0.25) is 0 Å². The Morgan fingerprint density at radius 1 is 1.75 bits per heavy atom. The number of rotatable bonds is 3. The molecule has 0 aromatic rings. The van der Waals surface area contributed by atoms with Crippen molar-refractivity contribution >= 4 is 0 Å². The third kappa shape index (κ3) is 2.44. The van der Waals surface area contributed by atoms with Crippen molar-refractivity contribution in [2.24, 2.45) is 0 Å². The lowest BCUT2D eigenvalue weighted by Gasteiger charge is -2.15. The van der Waals surface area contributed by atoms with Gasteiger partial charge in [0.15, 0.2) is 0 Å². The molecule has 3 nitrogen and oxygen atoms in total. The summed E-state index contributed by atoms with van der Waals surface area (Å²) >= 11 is 0. The third-order valence-corrected chi connectivity index (χ3v) is 1.96. The Morgan fingerprint density at radius 3 is 3.08 bits per heavy atom. The van der Waals surface area contributed by atoms with Gasteiger partial charge in [-0.1, -0.05) is 24.3 Å². The molecule has 0 spiro atoms. The highest BCUT2D eigenvalue weighted by atomic mass is 17.2. The van der Waals surface area contributed by atoms with Gasteiger partial charge in [0.05, 0.1) is 6.04 Å². The lowest BCUT2D eigenvalue weighted by atomic mass is 10.2. The van der Waals surface area contributed by atoms with Crippen LogP contribution in [-0.2, 0) is 4.99 Å². The SMILES string of the molecule is C=C(C)/C=C\[C@@H]1CCCN1OO. The summed E-state index contributed by atoms with van der Waals surface area (Å²) in [6, 6.07) is 0.201. The smallest absolute Gasteiger partial charge is 0.0566 e. The molecule has 12 heavy (non-hydrogen) atoms. The minimum Gasteiger partial charge on any atom is -0.233 e. The summed E-state index contributed by atoms with van der Waals surface area (Å²) in [4.78, 5) is 4.21. The van der Waals surface area contributed by atoms with Crippen LogP contribution in [0.4, 0.5) is 0 Å². The highest BCUT2D eigenvalue weighted by Gasteiger charge is 2.22. The summed E-state index contributed by atoms with van der Waals surface area (Å²) < 4.78 is 0. The van der Waals surface area contributed by atoms with Crippen molar-refractivity contribution in [2.75, 3.05) is 6.54 Å². The third-order valence-electron chi connectivity index (χ3n) is 1.96. The molecule has 1 heterocycles. The second-order valence-corrected chi connectivity index (χ2v) is 3.14. The van der Waals surface area contributed by atoms with Crippen LogP contribution in [0.2, 0.25) is 0 Å². The van der Waals surface area contributed by atoms with Gasteiger partial charge in [-0.05, 0) is 19.8 Å². The van der Waals surface area contributed by atoms with E-state index in [0.29, 0.717) is 0 Å². The average molecular weight is 169 g/mol. The normalized spacial score (nSPS) is 25.3. The van der Waals surface area contributed by atoms with Crippen LogP contribution in [0, 0.1) is 0 Å². The predicted molar refractivity (Wildman–Crippen MR) is 47.4 cm³/mol. The molecule has 1 rings (SSSR count). The molecule has 1 atom stereocenters. The predicted octanol–water partition coefficient (Wildman–Crippen LogP) is 1.99. The van der Waals surface area contributed by atoms with Crippen molar-refractivity contribution in [1.29, 1.82) is 0 Å². The summed E-state index contributed by atoms with van der Waals surface area (Å²) in [5.74, 6) is 0. The molecule has 0 bridgehead atoms. The van der Waals surface area contributed by atoms with Crippen LogP contribution in [0.15, 0.2) is 24.3 Å². The van der Waals surface area contributed by atoms with Crippen LogP contribution in [-0.4, -0.2) is 22.9 Å². The van der Waals surface area contributed by atoms with Crippen LogP contribution < -0.4 is 0 Å². The first-order valence-electron chi connectivity index (χ1n) is 4.16. The van der Waals surface area contributed by atoms with Crippen LogP contribution in [0.1, 0.15) is 19.8 Å². The molecule has 1 aliphatic rings. The van der Waals surface area contributed by atoms with E-state index in [1.54, 1.807) is 5.06 Å². The molecule has 0 radical (unpaired) electrons. The van der Waals surface area contributed by atoms with Gasteiger partial charge in [-0.15, -0.1) is 4.99 Å². The molecule has 0 aliphatic carbocycles. The van der Waals surface area contributed by atoms with Crippen LogP contribution in [0.25, 0.3) is 0 Å². The summed E-state index contributed by atoms with van der Waals surface area (Å²) in [7, 11) is 0. The molecule has 68 valence electrons. The highest BCUT2D eigenvalue weighted by molar-refractivity contribution is 5.13. The largest absolute Gasteiger partial charge is 0.233 e. The first-order chi connectivity index (χ1) is 5.74. The maximum atomic E-state index is 8.47. The molecule has 1 saturated heterocycles. The number of hydrogen-bond acceptors (Lipinski definition) is 3. The van der Waals surface area contributed by atoms with Crippen LogP contribution in [0.3, 0.4) is 0 Å². The van der Waals surface area contributed by atoms with E-state index in [4.69, 9.17) is 5.26 Å². The number of allylic oxidation sites excluding steroid dienone is 2. The van der Waals surface area contributed by atoms with E-state index in [9.17, 15) is 0 Å². The van der Waals surface area contributed by atoms with Gasteiger partial charge in [0.25, 0.3) is 0 Å². The van der Waals surface area contributed by atoms with Crippen LogP contribution >= 0.6 is 0 Å². The van der Waals surface area contributed by atoms with Crippen molar-refractivity contribution in [3.63, 3.8) is 0 Å². The molecule has 0 unspecified atom stereocenters. The fourth-order valence-electron chi connectivity index (χ4n) is 1.34. The fourth-order valence-corrected chi connectivity index (χ4v) is 1.34. The van der Waals surface area contributed by atoms with E-state index in [1.165, 1.54) is 0 Å². The molecule has 0 saturated carbocycles. The van der Waals surface area contributed by atoms with Gasteiger partial charge < -0.3 is 0 Å². The monoisotopic (exact) mass is 169 g/mol. The molecule has 0 aromatic carbocycles. The van der Waals surface area contributed by atoms with Crippen molar-refractivity contribution in [3.05, 3.63) is 24.3 Å². The van der Waals surface area contributed by atoms with Gasteiger partial charge in [-0.2, -0.15) is 5.06 Å². The maximum absolute atomic E-state index is 8.47. The van der Waals surface area contributed by atoms with Gasteiger partial charge in [-0.25, -0.2) is 5.26 Å². The molecular formula is C9H15NO2. The minimum absolute atomic E-state index is 0.201. The highest BCUT2D eigenvalue weighted by Crippen LogP contribution is 2.17. The molecule has 0 aromatic heterocycles. The first kappa shape index (κ1) is 9.45. The van der Waals surface area contributed by atoms with E-state index in [2.05, 4.69) is 11.6 Å². The standard InChI is InChI=1S/C9H15NO2/c1-8(2)5-6-9-4-3-7-10(9)12-11/h5-6,9,11H,1,3-4,7H2,2H3/b6-5-/t9-/m0/s1. The summed E-state index contributed by atoms with van der Waals surface area (Å²) in [6.45, 7) is 6.49. The Hall–Kier alpha value is -0.640. The molecule has 1 N–H and O–H groups in total. The molecule has 0 amide bonds. The Bertz CT molecular complexity index is 189. The van der Waals surface area contributed by atoms with Crippen molar-refractivity contribution in [1.82, 2.24) is 5.06 Å². The van der Waals surface area contributed by atoms with Gasteiger partial charge >= 0.3 is 0 Å². The Labute approximate surface area is 72.8 Å². The zero-order chi connectivity index (χ0) is 8.97. The zero-order valence-corrected chi connectivity index (χ0v) is 7.36. The summed E-state index contributed by atoms with van der Waals surface area (Å²) in [6.07, 6.45) is 6.05. The Kier molecular flexibility index (Phi) is 3.47. The van der Waals surface area contributed by atoms with Crippen molar-refractivity contribution in [3.8, 4) is 0 Å². The van der Waals surface area contributed by atoms with Gasteiger partial charge in [-0.3, -0.25) is 0 Å². The van der Waals surface area contributed by atoms with E-state index in [1.807, 2.05) is 19.1 Å². The molecule has 3 heteroatoms. The van der Waals surface area contributed by atoms with E-state index in [0.717, 1.165) is 25.0 Å².